The molecule has 19 heavy (non-hydrogen) atoms. The minimum Gasteiger partial charge on any atom is -0.389 e. The molecule has 1 aliphatic heterocycles. The van der Waals surface area contributed by atoms with E-state index in [0.717, 1.165) is 37.2 Å². The van der Waals surface area contributed by atoms with Crippen molar-refractivity contribution in [3.05, 3.63) is 28.8 Å². The van der Waals surface area contributed by atoms with Gasteiger partial charge in [-0.1, -0.05) is 17.7 Å². The molecule has 1 N–H and O–H groups in total. The van der Waals surface area contributed by atoms with E-state index >= 15 is 0 Å². The van der Waals surface area contributed by atoms with Crippen LogP contribution >= 0.6 is 11.6 Å². The standard InChI is InChI=1S/C15H22ClNO2/c1-11(18)12-5-6-14(13(16)9-12)17-8-4-7-15(2,10-17)19-3/h5-6,9,11,18H,4,7-8,10H2,1-3H3/t11-,15?/m1/s1. The number of hydrogen-bond donors (Lipinski definition) is 1. The van der Waals surface area contributed by atoms with E-state index in [-0.39, 0.29) is 5.60 Å². The number of nitrogens with zero attached hydrogens (tertiary/aromatic N) is 1. The summed E-state index contributed by atoms with van der Waals surface area (Å²) >= 11 is 6.35. The Kier molecular flexibility index (Phi) is 4.39. The predicted molar refractivity (Wildman–Crippen MR) is 78.9 cm³/mol. The molecular formula is C15H22ClNO2. The zero-order valence-corrected chi connectivity index (χ0v) is 12.6. The maximum atomic E-state index is 9.58. The molecule has 1 heterocycles. The van der Waals surface area contributed by atoms with Gasteiger partial charge in [-0.3, -0.25) is 0 Å². The first-order chi connectivity index (χ1) is 8.95. The fourth-order valence-corrected chi connectivity index (χ4v) is 2.93. The molecule has 0 spiro atoms. The van der Waals surface area contributed by atoms with E-state index in [1.807, 2.05) is 18.2 Å². The van der Waals surface area contributed by atoms with E-state index in [1.165, 1.54) is 0 Å². The van der Waals surface area contributed by atoms with Gasteiger partial charge in [-0.05, 0) is 44.4 Å². The molecule has 0 saturated carbocycles. The summed E-state index contributed by atoms with van der Waals surface area (Å²) in [7, 11) is 1.77. The maximum absolute atomic E-state index is 9.58. The molecule has 4 heteroatoms. The van der Waals surface area contributed by atoms with Crippen molar-refractivity contribution < 1.29 is 9.84 Å². The first-order valence-electron chi connectivity index (χ1n) is 6.73. The topological polar surface area (TPSA) is 32.7 Å². The normalized spacial score (nSPS) is 25.4. The largest absolute Gasteiger partial charge is 0.389 e. The van der Waals surface area contributed by atoms with Crippen LogP contribution in [0.5, 0.6) is 0 Å². The van der Waals surface area contributed by atoms with Gasteiger partial charge in [0.15, 0.2) is 0 Å². The average Bonchev–Trinajstić information content (AvgIpc) is 2.38. The third kappa shape index (κ3) is 3.22. The molecule has 1 aromatic carbocycles. The van der Waals surface area contributed by atoms with Crippen molar-refractivity contribution in [2.45, 2.75) is 38.4 Å². The highest BCUT2D eigenvalue weighted by molar-refractivity contribution is 6.33. The highest BCUT2D eigenvalue weighted by Gasteiger charge is 2.31. The van der Waals surface area contributed by atoms with Crippen LogP contribution in [0.15, 0.2) is 18.2 Å². The van der Waals surface area contributed by atoms with Crippen LogP contribution in [0, 0.1) is 0 Å². The molecule has 2 atom stereocenters. The van der Waals surface area contributed by atoms with E-state index in [9.17, 15) is 5.11 Å². The van der Waals surface area contributed by atoms with Gasteiger partial charge in [-0.15, -0.1) is 0 Å². The highest BCUT2D eigenvalue weighted by Crippen LogP contribution is 2.33. The van der Waals surface area contributed by atoms with E-state index < -0.39 is 6.10 Å². The Morgan fingerprint density at radius 2 is 2.21 bits per heavy atom. The van der Waals surface area contributed by atoms with Crippen LogP contribution in [0.1, 0.15) is 38.4 Å². The monoisotopic (exact) mass is 283 g/mol. The summed E-state index contributed by atoms with van der Waals surface area (Å²) in [5.74, 6) is 0. The van der Waals surface area contributed by atoms with Gasteiger partial charge in [0.1, 0.15) is 0 Å². The first kappa shape index (κ1) is 14.6. The van der Waals surface area contributed by atoms with Crippen molar-refractivity contribution in [2.75, 3.05) is 25.1 Å². The van der Waals surface area contributed by atoms with Gasteiger partial charge < -0.3 is 14.7 Å². The second kappa shape index (κ2) is 5.70. The summed E-state index contributed by atoms with van der Waals surface area (Å²) in [6, 6.07) is 5.77. The Morgan fingerprint density at radius 3 is 2.79 bits per heavy atom. The summed E-state index contributed by atoms with van der Waals surface area (Å²) in [6.07, 6.45) is 1.68. The van der Waals surface area contributed by atoms with Crippen molar-refractivity contribution >= 4 is 17.3 Å². The van der Waals surface area contributed by atoms with Gasteiger partial charge in [0.05, 0.1) is 22.4 Å². The maximum Gasteiger partial charge on any atom is 0.0825 e. The van der Waals surface area contributed by atoms with E-state index in [4.69, 9.17) is 16.3 Å². The second-order valence-electron chi connectivity index (χ2n) is 5.57. The Hall–Kier alpha value is -0.770. The number of aliphatic hydroxyl groups is 1. The Balaban J connectivity index is 2.22. The van der Waals surface area contributed by atoms with Gasteiger partial charge in [0.25, 0.3) is 0 Å². The third-order valence-corrected chi connectivity index (χ3v) is 4.25. The average molecular weight is 284 g/mol. The Morgan fingerprint density at radius 1 is 1.47 bits per heavy atom. The molecular weight excluding hydrogens is 262 g/mol. The quantitative estimate of drug-likeness (QED) is 0.923. The van der Waals surface area contributed by atoms with Crippen molar-refractivity contribution in [3.8, 4) is 0 Å². The zero-order valence-electron chi connectivity index (χ0n) is 11.8. The van der Waals surface area contributed by atoms with Gasteiger partial charge in [0.2, 0.25) is 0 Å². The lowest BCUT2D eigenvalue weighted by atomic mass is 9.94. The number of ether oxygens (including phenoxy) is 1. The van der Waals surface area contributed by atoms with Crippen molar-refractivity contribution in [1.29, 1.82) is 0 Å². The molecule has 1 aromatic rings. The Labute approximate surface area is 120 Å². The van der Waals surface area contributed by atoms with Crippen LogP contribution in [-0.2, 0) is 4.74 Å². The number of hydrogen-bond acceptors (Lipinski definition) is 3. The van der Waals surface area contributed by atoms with E-state index in [2.05, 4.69) is 11.8 Å². The molecule has 2 rings (SSSR count). The lowest BCUT2D eigenvalue weighted by Crippen LogP contribution is -2.47. The Bertz CT molecular complexity index is 450. The number of anilines is 1. The van der Waals surface area contributed by atoms with Gasteiger partial charge in [-0.25, -0.2) is 0 Å². The smallest absolute Gasteiger partial charge is 0.0825 e. The van der Waals surface area contributed by atoms with E-state index in [0.29, 0.717) is 5.02 Å². The molecule has 0 radical (unpaired) electrons. The van der Waals surface area contributed by atoms with Gasteiger partial charge >= 0.3 is 0 Å². The van der Waals surface area contributed by atoms with Crippen LogP contribution in [0.4, 0.5) is 5.69 Å². The van der Waals surface area contributed by atoms with Gasteiger partial charge in [-0.2, -0.15) is 0 Å². The molecule has 1 aliphatic rings. The molecule has 1 fully saturated rings. The third-order valence-electron chi connectivity index (χ3n) is 3.95. The molecule has 0 aliphatic carbocycles. The van der Waals surface area contributed by atoms with Gasteiger partial charge in [0, 0.05) is 20.2 Å². The molecule has 0 amide bonds. The minimum absolute atomic E-state index is 0.107. The van der Waals surface area contributed by atoms with Crippen molar-refractivity contribution in [3.63, 3.8) is 0 Å². The molecule has 0 aromatic heterocycles. The number of rotatable bonds is 3. The summed E-state index contributed by atoms with van der Waals surface area (Å²) < 4.78 is 5.61. The second-order valence-corrected chi connectivity index (χ2v) is 5.97. The number of methoxy groups -OCH3 is 1. The number of aliphatic hydroxyl groups excluding tert-OH is 1. The van der Waals surface area contributed by atoms with Crippen molar-refractivity contribution in [1.82, 2.24) is 0 Å². The lowest BCUT2D eigenvalue weighted by Gasteiger charge is -2.41. The number of halogens is 1. The van der Waals surface area contributed by atoms with Crippen LogP contribution in [0.3, 0.4) is 0 Å². The predicted octanol–water partition coefficient (Wildman–Crippen LogP) is 3.40. The molecule has 1 unspecified atom stereocenters. The number of piperidine rings is 1. The SMILES string of the molecule is COC1(C)CCCN(c2ccc([C@@H](C)O)cc2Cl)C1. The van der Waals surface area contributed by atoms with Crippen molar-refractivity contribution in [2.24, 2.45) is 0 Å². The summed E-state index contributed by atoms with van der Waals surface area (Å²) in [4.78, 5) is 2.27. The fourth-order valence-electron chi connectivity index (χ4n) is 2.62. The van der Waals surface area contributed by atoms with Crippen LogP contribution in [0.2, 0.25) is 5.02 Å². The summed E-state index contributed by atoms with van der Waals surface area (Å²) in [5.41, 5.74) is 1.76. The van der Waals surface area contributed by atoms with Crippen LogP contribution < -0.4 is 4.90 Å². The molecule has 1 saturated heterocycles. The summed E-state index contributed by atoms with van der Waals surface area (Å²) in [5, 5.41) is 10.3. The van der Waals surface area contributed by atoms with E-state index in [1.54, 1.807) is 14.0 Å². The lowest BCUT2D eigenvalue weighted by molar-refractivity contribution is -0.00465. The minimum atomic E-state index is -0.489. The molecule has 3 nitrogen and oxygen atoms in total. The summed E-state index contributed by atoms with van der Waals surface area (Å²) in [6.45, 7) is 5.72. The first-order valence-corrected chi connectivity index (χ1v) is 7.10. The number of benzene rings is 1. The van der Waals surface area contributed by atoms with Crippen LogP contribution in [-0.4, -0.2) is 30.9 Å². The highest BCUT2D eigenvalue weighted by atomic mass is 35.5. The van der Waals surface area contributed by atoms with Crippen LogP contribution in [0.25, 0.3) is 0 Å². The molecule has 0 bridgehead atoms. The fraction of sp³-hybridized carbons (Fsp3) is 0.600. The zero-order chi connectivity index (χ0) is 14.0. The molecule has 106 valence electrons.